The molecule has 34 heavy (non-hydrogen) atoms. The van der Waals surface area contributed by atoms with Gasteiger partial charge in [0.25, 0.3) is 5.91 Å². The summed E-state index contributed by atoms with van der Waals surface area (Å²) in [5.41, 5.74) is 1.39. The summed E-state index contributed by atoms with van der Waals surface area (Å²) < 4.78 is 0. The molecule has 0 radical (unpaired) electrons. The number of amides is 4. The van der Waals surface area contributed by atoms with E-state index in [1.807, 2.05) is 24.3 Å². The maximum atomic E-state index is 13.8. The van der Waals surface area contributed by atoms with Gasteiger partial charge in [-0.05, 0) is 35.3 Å². The molecule has 9 nitrogen and oxygen atoms in total. The van der Waals surface area contributed by atoms with Crippen LogP contribution in [0.1, 0.15) is 41.3 Å². The topological polar surface area (TPSA) is 115 Å². The van der Waals surface area contributed by atoms with E-state index >= 15 is 0 Å². The number of rotatable bonds is 5. The summed E-state index contributed by atoms with van der Waals surface area (Å²) in [6.45, 7) is 4.63. The molecule has 1 aromatic carbocycles. The molecule has 1 fully saturated rings. The van der Waals surface area contributed by atoms with Gasteiger partial charge in [0.15, 0.2) is 5.11 Å². The summed E-state index contributed by atoms with van der Waals surface area (Å²) in [5.74, 6) is -0.541. The molecule has 0 spiro atoms. The molecular weight excluding hydrogens is 476 g/mol. The number of thiocarbonyl (C=S) groups is 1. The van der Waals surface area contributed by atoms with Crippen molar-refractivity contribution in [2.75, 3.05) is 32.5 Å². The third-order valence-corrected chi connectivity index (χ3v) is 6.35. The highest BCUT2D eigenvalue weighted by molar-refractivity contribution is 7.80. The van der Waals surface area contributed by atoms with Crippen LogP contribution in [0.5, 0.6) is 0 Å². The van der Waals surface area contributed by atoms with Crippen LogP contribution in [0, 0.1) is 0 Å². The maximum absolute atomic E-state index is 13.8. The van der Waals surface area contributed by atoms with Crippen LogP contribution in [0.4, 0.5) is 10.5 Å². The average molecular weight is 503 g/mol. The second kappa shape index (κ2) is 10.4. The Bertz CT molecular complexity index is 1130. The fourth-order valence-corrected chi connectivity index (χ4v) is 4.33. The van der Waals surface area contributed by atoms with Crippen molar-refractivity contribution in [1.29, 1.82) is 0 Å². The van der Waals surface area contributed by atoms with Crippen molar-refractivity contribution < 1.29 is 14.4 Å². The minimum absolute atomic E-state index is 0.136. The Hall–Kier alpha value is -3.24. The first-order chi connectivity index (χ1) is 16.1. The Morgan fingerprint density at radius 1 is 1.15 bits per heavy atom. The van der Waals surface area contributed by atoms with Gasteiger partial charge in [-0.15, -0.1) is 0 Å². The minimum atomic E-state index is -0.963. The van der Waals surface area contributed by atoms with Crippen LogP contribution in [0.2, 0.25) is 5.15 Å². The van der Waals surface area contributed by atoms with Gasteiger partial charge in [-0.1, -0.05) is 49.7 Å². The Balaban J connectivity index is 1.99. The second-order valence-electron chi connectivity index (χ2n) is 8.28. The smallest absolute Gasteiger partial charge is 0.320 e. The predicted molar refractivity (Wildman–Crippen MR) is 135 cm³/mol. The molecule has 180 valence electrons. The molecule has 0 saturated carbocycles. The Labute approximate surface area is 208 Å². The molecule has 3 rings (SSSR count). The van der Waals surface area contributed by atoms with Crippen molar-refractivity contribution >= 4 is 52.5 Å². The van der Waals surface area contributed by atoms with Gasteiger partial charge >= 0.3 is 6.03 Å². The van der Waals surface area contributed by atoms with E-state index in [1.54, 1.807) is 4.90 Å². The highest BCUT2D eigenvalue weighted by Crippen LogP contribution is 2.40. The van der Waals surface area contributed by atoms with Gasteiger partial charge in [0.05, 0.1) is 17.4 Å². The van der Waals surface area contributed by atoms with Gasteiger partial charge < -0.3 is 20.9 Å². The molecule has 0 atom stereocenters. The van der Waals surface area contributed by atoms with Crippen molar-refractivity contribution in [3.63, 3.8) is 0 Å². The lowest BCUT2D eigenvalue weighted by atomic mass is 9.70. The highest BCUT2D eigenvalue weighted by atomic mass is 35.5. The first-order valence-electron chi connectivity index (χ1n) is 10.7. The number of aromatic nitrogens is 1. The molecule has 0 bridgehead atoms. The number of hydrogen-bond acceptors (Lipinski definition) is 5. The van der Waals surface area contributed by atoms with E-state index in [2.05, 4.69) is 40.1 Å². The minimum Gasteiger partial charge on any atom is -0.355 e. The first-order valence-corrected chi connectivity index (χ1v) is 11.5. The van der Waals surface area contributed by atoms with E-state index in [9.17, 15) is 14.4 Å². The molecule has 1 aliphatic heterocycles. The Morgan fingerprint density at radius 3 is 2.44 bits per heavy atom. The van der Waals surface area contributed by atoms with E-state index in [0.29, 0.717) is 0 Å². The summed E-state index contributed by atoms with van der Waals surface area (Å²) >= 11 is 11.3. The molecule has 4 amide bonds. The van der Waals surface area contributed by atoms with Crippen LogP contribution < -0.4 is 21.3 Å². The zero-order valence-electron chi connectivity index (χ0n) is 19.4. The number of likely N-dealkylation sites (tertiary alicyclic amines) is 1. The fourth-order valence-electron chi connectivity index (χ4n) is 3.95. The standard InChI is InChI=1S/C23H27ClN6O3S/c1-13(2)14-7-5-6-8-16(14)23(11-30(12-23)22(34)29-21(33)26-4)20(32)28-17-10-27-18(24)9-15(17)19(31)25-3/h5-10,13H,11-12H2,1-4H3,(H,25,31)(H,28,32)(H2,26,29,33,34). The molecule has 11 heteroatoms. The van der Waals surface area contributed by atoms with Crippen LogP contribution in [-0.2, 0) is 10.2 Å². The second-order valence-corrected chi connectivity index (χ2v) is 9.05. The molecule has 1 saturated heterocycles. The quantitative estimate of drug-likeness (QED) is 0.369. The number of benzene rings is 1. The number of nitrogens with zero attached hydrogens (tertiary/aromatic N) is 2. The summed E-state index contributed by atoms with van der Waals surface area (Å²) in [6, 6.07) is 8.72. The lowest BCUT2D eigenvalue weighted by Gasteiger charge is -2.50. The molecule has 4 N–H and O–H groups in total. The van der Waals surface area contributed by atoms with Crippen molar-refractivity contribution in [3.05, 3.63) is 58.4 Å². The van der Waals surface area contributed by atoms with Gasteiger partial charge in [0.2, 0.25) is 5.91 Å². The number of halogens is 1. The van der Waals surface area contributed by atoms with Crippen LogP contribution in [-0.4, -0.2) is 60.0 Å². The largest absolute Gasteiger partial charge is 0.355 e. The molecule has 0 aliphatic carbocycles. The van der Waals surface area contributed by atoms with Gasteiger partial charge in [0.1, 0.15) is 10.6 Å². The van der Waals surface area contributed by atoms with E-state index < -0.39 is 17.4 Å². The molecule has 1 aromatic heterocycles. The van der Waals surface area contributed by atoms with Crippen LogP contribution in [0.15, 0.2) is 36.5 Å². The van der Waals surface area contributed by atoms with E-state index in [0.717, 1.165) is 11.1 Å². The van der Waals surface area contributed by atoms with Gasteiger partial charge in [-0.25, -0.2) is 9.78 Å². The van der Waals surface area contributed by atoms with Gasteiger partial charge in [-0.2, -0.15) is 0 Å². The zero-order valence-corrected chi connectivity index (χ0v) is 20.9. The highest BCUT2D eigenvalue weighted by Gasteiger charge is 2.52. The number of urea groups is 1. The molecule has 2 heterocycles. The number of hydrogen-bond donors (Lipinski definition) is 4. The molecule has 1 aliphatic rings. The van der Waals surface area contributed by atoms with Crippen molar-refractivity contribution in [3.8, 4) is 0 Å². The number of carbonyl (C=O) groups is 3. The SMILES string of the molecule is CNC(=O)NC(=S)N1CC(C(=O)Nc2cnc(Cl)cc2C(=O)NC)(c2ccccc2C(C)C)C1. The summed E-state index contributed by atoms with van der Waals surface area (Å²) in [4.78, 5) is 43.7. The van der Waals surface area contributed by atoms with Crippen LogP contribution in [0.25, 0.3) is 0 Å². The Kier molecular flexibility index (Phi) is 7.73. The lowest BCUT2D eigenvalue weighted by molar-refractivity contribution is -0.126. The van der Waals surface area contributed by atoms with Crippen molar-refractivity contribution in [2.45, 2.75) is 25.2 Å². The predicted octanol–water partition coefficient (Wildman–Crippen LogP) is 2.62. The third-order valence-electron chi connectivity index (χ3n) is 5.78. The molecular formula is C23H27ClN6O3S. The zero-order chi connectivity index (χ0) is 25.0. The third kappa shape index (κ3) is 4.97. The van der Waals surface area contributed by atoms with E-state index in [1.165, 1.54) is 26.4 Å². The van der Waals surface area contributed by atoms with Gasteiger partial charge in [-0.3, -0.25) is 14.9 Å². The maximum Gasteiger partial charge on any atom is 0.320 e. The van der Waals surface area contributed by atoms with E-state index in [-0.39, 0.29) is 46.4 Å². The number of pyridine rings is 1. The Morgan fingerprint density at radius 2 is 1.82 bits per heavy atom. The average Bonchev–Trinajstić information content (AvgIpc) is 2.79. The van der Waals surface area contributed by atoms with Crippen molar-refractivity contribution in [1.82, 2.24) is 25.8 Å². The van der Waals surface area contributed by atoms with Crippen molar-refractivity contribution in [2.24, 2.45) is 0 Å². The summed E-state index contributed by atoms with van der Waals surface area (Å²) in [7, 11) is 2.99. The monoisotopic (exact) mass is 502 g/mol. The lowest BCUT2D eigenvalue weighted by Crippen LogP contribution is -2.68. The van der Waals surface area contributed by atoms with Crippen LogP contribution in [0.3, 0.4) is 0 Å². The number of nitrogens with one attached hydrogen (secondary N) is 4. The molecule has 0 unspecified atom stereocenters. The summed E-state index contributed by atoms with van der Waals surface area (Å²) in [5, 5.41) is 10.8. The number of carbonyl (C=O) groups excluding carboxylic acids is 3. The number of anilines is 1. The normalized spacial score (nSPS) is 14.1. The fraction of sp³-hybridized carbons (Fsp3) is 0.348. The van der Waals surface area contributed by atoms with Crippen LogP contribution >= 0.6 is 23.8 Å². The van der Waals surface area contributed by atoms with Gasteiger partial charge in [0, 0.05) is 27.2 Å². The summed E-state index contributed by atoms with van der Waals surface area (Å²) in [6.07, 6.45) is 1.36. The molecule has 2 aromatic rings. The van der Waals surface area contributed by atoms with E-state index in [4.69, 9.17) is 23.8 Å². The first kappa shape index (κ1) is 25.4.